The summed E-state index contributed by atoms with van der Waals surface area (Å²) in [5.41, 5.74) is 1.05. The predicted molar refractivity (Wildman–Crippen MR) is 108 cm³/mol. The molecular formula is C19H25N3O3S2. The fourth-order valence-corrected chi connectivity index (χ4v) is 6.92. The number of fused-ring (bicyclic) bond motifs is 1. The smallest absolute Gasteiger partial charge is 0.236 e. The van der Waals surface area contributed by atoms with Crippen LogP contribution in [-0.2, 0) is 14.6 Å². The summed E-state index contributed by atoms with van der Waals surface area (Å²) in [4.78, 5) is 21.3. The van der Waals surface area contributed by atoms with Gasteiger partial charge in [-0.25, -0.2) is 13.4 Å². The Kier molecular flexibility index (Phi) is 5.22. The molecule has 2 aliphatic heterocycles. The third-order valence-corrected chi connectivity index (χ3v) is 8.62. The monoisotopic (exact) mass is 407 g/mol. The normalized spacial score (nSPS) is 25.7. The Labute approximate surface area is 164 Å². The minimum absolute atomic E-state index is 0.0158. The van der Waals surface area contributed by atoms with E-state index in [1.807, 2.05) is 18.2 Å². The van der Waals surface area contributed by atoms with Crippen molar-refractivity contribution < 1.29 is 13.2 Å². The van der Waals surface area contributed by atoms with Crippen LogP contribution in [0.15, 0.2) is 24.3 Å². The van der Waals surface area contributed by atoms with Gasteiger partial charge in [0.25, 0.3) is 0 Å². The van der Waals surface area contributed by atoms with Crippen molar-refractivity contribution in [1.29, 1.82) is 0 Å². The second kappa shape index (κ2) is 7.48. The largest absolute Gasteiger partial charge is 0.341 e. The Morgan fingerprint density at radius 1 is 1.33 bits per heavy atom. The first-order valence-corrected chi connectivity index (χ1v) is 12.1. The van der Waals surface area contributed by atoms with E-state index in [0.717, 1.165) is 36.5 Å². The molecule has 4 rings (SSSR count). The number of para-hydroxylation sites is 1. The first-order valence-electron chi connectivity index (χ1n) is 9.45. The van der Waals surface area contributed by atoms with Crippen LogP contribution in [0.2, 0.25) is 0 Å². The SMILES string of the molecule is CN(C(=O)CN1CCC[C@H](c2nc3ccccc3s2)C1)[C@H]1CCS(=O)(=O)C1. The molecule has 0 radical (unpaired) electrons. The zero-order valence-electron chi connectivity index (χ0n) is 15.5. The Bertz CT molecular complexity index is 908. The number of rotatable bonds is 4. The second-order valence-electron chi connectivity index (χ2n) is 7.66. The topological polar surface area (TPSA) is 70.6 Å². The maximum atomic E-state index is 12.7. The minimum atomic E-state index is -2.98. The van der Waals surface area contributed by atoms with Crippen molar-refractivity contribution in [3.63, 3.8) is 0 Å². The molecule has 8 heteroatoms. The number of benzene rings is 1. The highest BCUT2D eigenvalue weighted by atomic mass is 32.2. The van der Waals surface area contributed by atoms with Gasteiger partial charge in [0, 0.05) is 25.6 Å². The molecule has 27 heavy (non-hydrogen) atoms. The molecule has 1 aromatic carbocycles. The number of nitrogens with zero attached hydrogens (tertiary/aromatic N) is 3. The predicted octanol–water partition coefficient (Wildman–Crippen LogP) is 2.12. The third kappa shape index (κ3) is 4.17. The number of likely N-dealkylation sites (tertiary alicyclic amines) is 1. The van der Waals surface area contributed by atoms with Gasteiger partial charge in [0.15, 0.2) is 9.84 Å². The maximum Gasteiger partial charge on any atom is 0.236 e. The molecular weight excluding hydrogens is 382 g/mol. The van der Waals surface area contributed by atoms with Gasteiger partial charge >= 0.3 is 0 Å². The van der Waals surface area contributed by atoms with Crippen LogP contribution in [0, 0.1) is 0 Å². The van der Waals surface area contributed by atoms with Crippen molar-refractivity contribution >= 4 is 37.3 Å². The lowest BCUT2D eigenvalue weighted by molar-refractivity contribution is -0.133. The standard InChI is InChI=1S/C19H25N3O3S2/c1-21(15-8-10-27(24,25)13-15)18(23)12-22-9-4-5-14(11-22)19-20-16-6-2-3-7-17(16)26-19/h2-3,6-7,14-15H,4-5,8-13H2,1H3/t14-,15-/m0/s1. The number of hydrogen-bond acceptors (Lipinski definition) is 6. The summed E-state index contributed by atoms with van der Waals surface area (Å²) in [7, 11) is -1.24. The van der Waals surface area contributed by atoms with E-state index in [1.54, 1.807) is 23.3 Å². The van der Waals surface area contributed by atoms with E-state index in [2.05, 4.69) is 11.0 Å². The van der Waals surface area contributed by atoms with Crippen LogP contribution in [0.1, 0.15) is 30.2 Å². The number of thiazole rings is 1. The number of sulfone groups is 1. The summed E-state index contributed by atoms with van der Waals surface area (Å²) in [5.74, 6) is 0.672. The minimum Gasteiger partial charge on any atom is -0.341 e. The zero-order chi connectivity index (χ0) is 19.0. The Morgan fingerprint density at radius 3 is 2.89 bits per heavy atom. The summed E-state index contributed by atoms with van der Waals surface area (Å²) in [5, 5.41) is 1.16. The third-order valence-electron chi connectivity index (χ3n) is 5.67. The van der Waals surface area contributed by atoms with Gasteiger partial charge in [-0.2, -0.15) is 0 Å². The van der Waals surface area contributed by atoms with Gasteiger partial charge in [-0.3, -0.25) is 9.69 Å². The fraction of sp³-hybridized carbons (Fsp3) is 0.579. The lowest BCUT2D eigenvalue weighted by Crippen LogP contribution is -2.46. The summed E-state index contributed by atoms with van der Waals surface area (Å²) in [6.45, 7) is 2.10. The van der Waals surface area contributed by atoms with Gasteiger partial charge in [0.2, 0.25) is 5.91 Å². The maximum absolute atomic E-state index is 12.7. The summed E-state index contributed by atoms with van der Waals surface area (Å²) < 4.78 is 24.6. The molecule has 1 aromatic heterocycles. The average molecular weight is 408 g/mol. The van der Waals surface area contributed by atoms with E-state index < -0.39 is 9.84 Å². The van der Waals surface area contributed by atoms with Gasteiger partial charge in [0.05, 0.1) is 33.3 Å². The Morgan fingerprint density at radius 2 is 2.15 bits per heavy atom. The van der Waals surface area contributed by atoms with E-state index >= 15 is 0 Å². The molecule has 3 heterocycles. The number of amides is 1. The molecule has 0 unspecified atom stereocenters. The molecule has 0 saturated carbocycles. The molecule has 146 valence electrons. The van der Waals surface area contributed by atoms with Crippen molar-refractivity contribution in [2.75, 3.05) is 38.2 Å². The van der Waals surface area contributed by atoms with Gasteiger partial charge in [-0.05, 0) is 37.9 Å². The average Bonchev–Trinajstić information content (AvgIpc) is 3.24. The number of aromatic nitrogens is 1. The van der Waals surface area contributed by atoms with E-state index in [0.29, 0.717) is 18.9 Å². The lowest BCUT2D eigenvalue weighted by atomic mass is 9.98. The number of carbonyl (C=O) groups excluding carboxylic acids is 1. The van der Waals surface area contributed by atoms with Gasteiger partial charge in [0.1, 0.15) is 0 Å². The summed E-state index contributed by atoms with van der Waals surface area (Å²) >= 11 is 1.75. The number of piperidine rings is 1. The van der Waals surface area contributed by atoms with Crippen LogP contribution in [0.5, 0.6) is 0 Å². The van der Waals surface area contributed by atoms with Crippen molar-refractivity contribution in [3.8, 4) is 0 Å². The zero-order valence-corrected chi connectivity index (χ0v) is 17.1. The number of hydrogen-bond donors (Lipinski definition) is 0. The molecule has 2 aromatic rings. The molecule has 2 saturated heterocycles. The Balaban J connectivity index is 1.38. The van der Waals surface area contributed by atoms with Crippen LogP contribution in [0.25, 0.3) is 10.2 Å². The molecule has 0 bridgehead atoms. The molecule has 0 aliphatic carbocycles. The summed E-state index contributed by atoms with van der Waals surface area (Å²) in [6, 6.07) is 8.02. The lowest BCUT2D eigenvalue weighted by Gasteiger charge is -2.33. The molecule has 0 N–H and O–H groups in total. The highest BCUT2D eigenvalue weighted by Crippen LogP contribution is 2.33. The van der Waals surface area contributed by atoms with Crippen LogP contribution >= 0.6 is 11.3 Å². The van der Waals surface area contributed by atoms with E-state index in [9.17, 15) is 13.2 Å². The van der Waals surface area contributed by atoms with Crippen LogP contribution in [0.3, 0.4) is 0 Å². The van der Waals surface area contributed by atoms with Crippen LogP contribution < -0.4 is 0 Å². The summed E-state index contributed by atoms with van der Waals surface area (Å²) in [6.07, 6.45) is 2.70. The molecule has 1 amide bonds. The fourth-order valence-electron chi connectivity index (χ4n) is 4.05. The highest BCUT2D eigenvalue weighted by molar-refractivity contribution is 7.91. The van der Waals surface area contributed by atoms with E-state index in [1.165, 1.54) is 4.70 Å². The van der Waals surface area contributed by atoms with Gasteiger partial charge in [-0.15, -0.1) is 11.3 Å². The second-order valence-corrected chi connectivity index (χ2v) is 10.9. The van der Waals surface area contributed by atoms with Crippen LogP contribution in [0.4, 0.5) is 0 Å². The van der Waals surface area contributed by atoms with Gasteiger partial charge < -0.3 is 4.90 Å². The molecule has 2 atom stereocenters. The number of likely N-dealkylation sites (N-methyl/N-ethyl adjacent to an activating group) is 1. The van der Waals surface area contributed by atoms with Crippen LogP contribution in [-0.4, -0.2) is 73.3 Å². The highest BCUT2D eigenvalue weighted by Gasteiger charge is 2.33. The van der Waals surface area contributed by atoms with E-state index in [4.69, 9.17) is 4.98 Å². The van der Waals surface area contributed by atoms with Crippen molar-refractivity contribution in [1.82, 2.24) is 14.8 Å². The molecule has 6 nitrogen and oxygen atoms in total. The van der Waals surface area contributed by atoms with Crippen molar-refractivity contribution in [2.24, 2.45) is 0 Å². The molecule has 2 fully saturated rings. The quantitative estimate of drug-likeness (QED) is 0.776. The Hall–Kier alpha value is -1.51. The van der Waals surface area contributed by atoms with Gasteiger partial charge in [-0.1, -0.05) is 12.1 Å². The van der Waals surface area contributed by atoms with Crippen molar-refractivity contribution in [3.05, 3.63) is 29.3 Å². The first kappa shape index (κ1) is 18.8. The van der Waals surface area contributed by atoms with Crippen molar-refractivity contribution in [2.45, 2.75) is 31.2 Å². The van der Waals surface area contributed by atoms with E-state index in [-0.39, 0.29) is 23.5 Å². The molecule has 2 aliphatic rings. The number of carbonyl (C=O) groups is 1. The molecule has 0 spiro atoms. The first-order chi connectivity index (χ1) is 12.9.